The highest BCUT2D eigenvalue weighted by atomic mass is 19.1. The highest BCUT2D eigenvalue weighted by molar-refractivity contribution is 5.59. The quantitative estimate of drug-likeness (QED) is 0.733. The molecule has 4 rings (SSSR count). The molecule has 27 heavy (non-hydrogen) atoms. The lowest BCUT2D eigenvalue weighted by Gasteiger charge is -2.18. The number of benzene rings is 1. The largest absolute Gasteiger partial charge is 0.505 e. The fourth-order valence-corrected chi connectivity index (χ4v) is 3.11. The first-order chi connectivity index (χ1) is 12.5. The van der Waals surface area contributed by atoms with Crippen LogP contribution in [-0.4, -0.2) is 26.4 Å². The minimum Gasteiger partial charge on any atom is -0.505 e. The summed E-state index contributed by atoms with van der Waals surface area (Å²) in [6.45, 7) is 3.38. The lowest BCUT2D eigenvalue weighted by Crippen LogP contribution is -2.36. The second kappa shape index (κ2) is 7.32. The van der Waals surface area contributed by atoms with Gasteiger partial charge in [-0.3, -0.25) is 9.36 Å². The Bertz CT molecular complexity index is 1040. The summed E-state index contributed by atoms with van der Waals surface area (Å²) in [6.07, 6.45) is 0.653. The molecule has 0 atom stereocenters. The summed E-state index contributed by atoms with van der Waals surface area (Å²) in [5.74, 6) is -0.164. The van der Waals surface area contributed by atoms with Gasteiger partial charge < -0.3 is 14.9 Å². The van der Waals surface area contributed by atoms with Crippen LogP contribution in [0.4, 0.5) is 4.39 Å². The van der Waals surface area contributed by atoms with Gasteiger partial charge in [-0.15, -0.1) is 0 Å². The Morgan fingerprint density at radius 1 is 1.37 bits per heavy atom. The highest BCUT2D eigenvalue weighted by Crippen LogP contribution is 2.26. The van der Waals surface area contributed by atoms with Crippen molar-refractivity contribution in [3.63, 3.8) is 0 Å². The first kappa shape index (κ1) is 18.8. The minimum absolute atomic E-state index is 0. The van der Waals surface area contributed by atoms with E-state index < -0.39 is 11.6 Å². The molecule has 0 bridgehead atoms. The number of phenolic OH excluding ortho intramolecular Hbond substituents is 1. The molecule has 1 aromatic carbocycles. The van der Waals surface area contributed by atoms with Crippen LogP contribution in [0, 0.1) is 12.7 Å². The zero-order chi connectivity index (χ0) is 18.3. The normalized spacial score (nSPS) is 13.1. The fraction of sp³-hybridized carbons (Fsp3) is 0.316. The maximum absolute atomic E-state index is 13.2. The molecule has 0 spiro atoms. The van der Waals surface area contributed by atoms with Gasteiger partial charge in [0.2, 0.25) is 0 Å². The number of aromatic nitrogens is 3. The fourth-order valence-electron chi connectivity index (χ4n) is 3.11. The van der Waals surface area contributed by atoms with Crippen LogP contribution >= 0.6 is 0 Å². The van der Waals surface area contributed by atoms with E-state index in [9.17, 15) is 14.3 Å². The number of rotatable bonds is 3. The Balaban J connectivity index is 0.00000210. The average Bonchev–Trinajstić information content (AvgIpc) is 3.10. The molecule has 0 fully saturated rings. The van der Waals surface area contributed by atoms with Crippen LogP contribution in [0.3, 0.4) is 0 Å². The summed E-state index contributed by atoms with van der Waals surface area (Å²) in [5.41, 5.74) is 2.53. The van der Waals surface area contributed by atoms with Crippen LogP contribution in [0.2, 0.25) is 0 Å². The van der Waals surface area contributed by atoms with E-state index in [2.05, 4.69) is 15.5 Å². The molecular formula is C19H21FN4O3. The molecule has 0 amide bonds. The van der Waals surface area contributed by atoms with E-state index in [4.69, 9.17) is 4.52 Å². The van der Waals surface area contributed by atoms with Gasteiger partial charge in [0.05, 0.1) is 12.2 Å². The maximum Gasteiger partial charge on any atom is 0.257 e. The lowest BCUT2D eigenvalue weighted by atomic mass is 10.1. The van der Waals surface area contributed by atoms with E-state index in [1.807, 2.05) is 0 Å². The third kappa shape index (κ3) is 3.48. The maximum atomic E-state index is 13.2. The van der Waals surface area contributed by atoms with Gasteiger partial charge in [0.15, 0.2) is 17.3 Å². The van der Waals surface area contributed by atoms with Gasteiger partial charge in [-0.2, -0.15) is 0 Å². The molecule has 142 valence electrons. The zero-order valence-electron chi connectivity index (χ0n) is 14.1. The number of hydrogen-bond donors (Lipinski definition) is 2. The van der Waals surface area contributed by atoms with E-state index in [0.717, 1.165) is 23.9 Å². The molecule has 0 aliphatic carbocycles. The van der Waals surface area contributed by atoms with Crippen molar-refractivity contribution in [1.29, 1.82) is 0 Å². The summed E-state index contributed by atoms with van der Waals surface area (Å²) in [4.78, 5) is 17.3. The number of halogens is 1. The van der Waals surface area contributed by atoms with Crippen molar-refractivity contribution in [1.82, 2.24) is 20.0 Å². The molecule has 1 aliphatic heterocycles. The van der Waals surface area contributed by atoms with Gasteiger partial charge in [-0.25, -0.2) is 9.37 Å². The molecule has 8 heteroatoms. The van der Waals surface area contributed by atoms with Crippen LogP contribution < -0.4 is 10.9 Å². The third-order valence-electron chi connectivity index (χ3n) is 4.49. The van der Waals surface area contributed by atoms with Crippen LogP contribution in [-0.2, 0) is 19.5 Å². The zero-order valence-corrected chi connectivity index (χ0v) is 14.1. The smallest absolute Gasteiger partial charge is 0.257 e. The minimum atomic E-state index is -0.703. The number of nitrogens with one attached hydrogen (secondary N) is 1. The van der Waals surface area contributed by atoms with E-state index in [1.165, 1.54) is 12.1 Å². The van der Waals surface area contributed by atoms with Crippen molar-refractivity contribution in [2.24, 2.45) is 0 Å². The first-order valence-corrected chi connectivity index (χ1v) is 8.27. The molecule has 2 N–H and O–H groups in total. The van der Waals surface area contributed by atoms with Gasteiger partial charge in [-0.1, -0.05) is 12.6 Å². The Labute approximate surface area is 155 Å². The van der Waals surface area contributed by atoms with Gasteiger partial charge >= 0.3 is 0 Å². The molecular weight excluding hydrogens is 351 g/mol. The van der Waals surface area contributed by atoms with Crippen molar-refractivity contribution >= 4 is 0 Å². The molecule has 1 aliphatic rings. The number of aryl methyl sites for hydroxylation is 1. The predicted molar refractivity (Wildman–Crippen MR) is 98.0 cm³/mol. The summed E-state index contributed by atoms with van der Waals surface area (Å²) in [5, 5.41) is 16.7. The summed E-state index contributed by atoms with van der Waals surface area (Å²) in [6, 6.07) is 5.58. The highest BCUT2D eigenvalue weighted by Gasteiger charge is 2.18. The number of phenols is 1. The van der Waals surface area contributed by atoms with Gasteiger partial charge in [-0.05, 0) is 38.1 Å². The second-order valence-electron chi connectivity index (χ2n) is 6.25. The molecule has 3 heterocycles. The molecule has 0 saturated carbocycles. The molecule has 3 aromatic rings. The van der Waals surface area contributed by atoms with Crippen molar-refractivity contribution in [3.8, 4) is 17.1 Å². The molecule has 0 radical (unpaired) electrons. The SMILES string of the molecule is C.Cc1nc2c(c(=O)n1Cc1cc(-c3ccc(F)c(O)c3)on1)CCNC2. The number of aromatic hydroxyl groups is 1. The third-order valence-corrected chi connectivity index (χ3v) is 4.49. The van der Waals surface area contributed by atoms with Crippen molar-refractivity contribution < 1.29 is 14.0 Å². The standard InChI is InChI=1S/C18H17FN4O3.CH4/c1-10-21-15-8-20-5-4-13(15)18(25)23(10)9-12-7-17(26-22-12)11-2-3-14(19)16(24)6-11;/h2-3,6-7,20,24H,4-5,8-9H2,1H3;1H4. The van der Waals surface area contributed by atoms with Crippen LogP contribution in [0.5, 0.6) is 5.75 Å². The molecule has 0 unspecified atom stereocenters. The lowest BCUT2D eigenvalue weighted by molar-refractivity contribution is 0.417. The Morgan fingerprint density at radius 3 is 2.96 bits per heavy atom. The Hall–Kier alpha value is -3.00. The number of hydrogen-bond acceptors (Lipinski definition) is 6. The van der Waals surface area contributed by atoms with Crippen LogP contribution in [0.15, 0.2) is 33.6 Å². The number of fused-ring (bicyclic) bond motifs is 1. The van der Waals surface area contributed by atoms with Crippen molar-refractivity contribution in [2.45, 2.75) is 33.9 Å². The molecule has 7 nitrogen and oxygen atoms in total. The van der Waals surface area contributed by atoms with Crippen molar-refractivity contribution in [3.05, 3.63) is 63.2 Å². The topological polar surface area (TPSA) is 93.2 Å². The molecule has 2 aromatic heterocycles. The predicted octanol–water partition coefficient (Wildman–Crippen LogP) is 2.38. The Kier molecular flexibility index (Phi) is 5.09. The van der Waals surface area contributed by atoms with E-state index in [1.54, 1.807) is 17.6 Å². The second-order valence-corrected chi connectivity index (χ2v) is 6.25. The average molecular weight is 372 g/mol. The summed E-state index contributed by atoms with van der Waals surface area (Å²) < 4.78 is 20.0. The monoisotopic (exact) mass is 372 g/mol. The van der Waals surface area contributed by atoms with Gasteiger partial charge in [0, 0.05) is 23.7 Å². The van der Waals surface area contributed by atoms with Crippen LogP contribution in [0.1, 0.15) is 30.2 Å². The van der Waals surface area contributed by atoms with E-state index in [0.29, 0.717) is 35.8 Å². The van der Waals surface area contributed by atoms with Crippen molar-refractivity contribution in [2.75, 3.05) is 6.54 Å². The van der Waals surface area contributed by atoms with E-state index >= 15 is 0 Å². The molecule has 0 saturated heterocycles. The summed E-state index contributed by atoms with van der Waals surface area (Å²) in [7, 11) is 0. The van der Waals surface area contributed by atoms with Gasteiger partial charge in [0.1, 0.15) is 11.5 Å². The van der Waals surface area contributed by atoms with Gasteiger partial charge in [0.25, 0.3) is 5.56 Å². The van der Waals surface area contributed by atoms with E-state index in [-0.39, 0.29) is 19.5 Å². The number of nitrogens with zero attached hydrogens (tertiary/aromatic N) is 3. The summed E-state index contributed by atoms with van der Waals surface area (Å²) >= 11 is 0. The first-order valence-electron chi connectivity index (χ1n) is 8.27. The van der Waals surface area contributed by atoms with Crippen LogP contribution in [0.25, 0.3) is 11.3 Å². The Morgan fingerprint density at radius 2 is 2.19 bits per heavy atom.